The molecule has 0 saturated carbocycles. The van der Waals surface area contributed by atoms with Gasteiger partial charge in [0.2, 0.25) is 6.41 Å². The fraction of sp³-hybridized carbons (Fsp3) is 0.121. The zero-order valence-electron chi connectivity index (χ0n) is 24.1. The average Bonchev–Trinajstić information content (AvgIpc) is 3.00. The molecular formula is C33H27F7N4O2. The first kappa shape index (κ1) is 35.0. The van der Waals surface area contributed by atoms with Crippen LogP contribution in [-0.4, -0.2) is 17.3 Å². The van der Waals surface area contributed by atoms with Crippen molar-refractivity contribution in [3.05, 3.63) is 131 Å². The Morgan fingerprint density at radius 3 is 2.00 bits per heavy atom. The predicted molar refractivity (Wildman–Crippen MR) is 160 cm³/mol. The average molecular weight is 645 g/mol. The molecule has 240 valence electrons. The van der Waals surface area contributed by atoms with Gasteiger partial charge in [-0.2, -0.15) is 26.3 Å². The summed E-state index contributed by atoms with van der Waals surface area (Å²) in [5, 5.41) is 1.95. The molecule has 0 radical (unpaired) electrons. The Morgan fingerprint density at radius 1 is 0.891 bits per heavy atom. The van der Waals surface area contributed by atoms with Crippen molar-refractivity contribution in [1.29, 1.82) is 0 Å². The maximum Gasteiger partial charge on any atom is 0.416 e. The first-order chi connectivity index (χ1) is 21.6. The molecule has 4 aromatic rings. The highest BCUT2D eigenvalue weighted by Crippen LogP contribution is 2.38. The van der Waals surface area contributed by atoms with Crippen LogP contribution in [0.5, 0.6) is 0 Å². The SMILES string of the molecule is Cc1cc(-c2ccccc2-c2cccnc2)cc(F)c1C/C=C\C=C(/N)C(=O)Nc1cc(C(F)(F)F)cc(C(F)(F)F)c1.NC=O. The quantitative estimate of drug-likeness (QED) is 0.0834. The van der Waals surface area contributed by atoms with Crippen LogP contribution >= 0.6 is 0 Å². The molecule has 1 aromatic heterocycles. The van der Waals surface area contributed by atoms with Crippen LogP contribution in [0.2, 0.25) is 0 Å². The lowest BCUT2D eigenvalue weighted by Crippen LogP contribution is -2.21. The van der Waals surface area contributed by atoms with Crippen molar-refractivity contribution in [3.8, 4) is 22.3 Å². The molecule has 0 aliphatic heterocycles. The van der Waals surface area contributed by atoms with Gasteiger partial charge >= 0.3 is 12.4 Å². The summed E-state index contributed by atoms with van der Waals surface area (Å²) in [5.41, 5.74) is 9.79. The number of allylic oxidation sites excluding steroid dienone is 3. The zero-order chi connectivity index (χ0) is 34.1. The number of carbonyl (C=O) groups is 2. The number of hydrogen-bond acceptors (Lipinski definition) is 4. The van der Waals surface area contributed by atoms with E-state index in [9.17, 15) is 31.1 Å². The minimum absolute atomic E-state index is 0.0508. The number of carbonyl (C=O) groups excluding carboxylic acids is 2. The number of nitrogens with zero attached hydrogens (tertiary/aromatic N) is 1. The smallest absolute Gasteiger partial charge is 0.394 e. The Morgan fingerprint density at radius 2 is 1.48 bits per heavy atom. The van der Waals surface area contributed by atoms with Crippen molar-refractivity contribution >= 4 is 18.0 Å². The van der Waals surface area contributed by atoms with E-state index in [-0.39, 0.29) is 18.9 Å². The molecule has 0 bridgehead atoms. The number of benzene rings is 3. The summed E-state index contributed by atoms with van der Waals surface area (Å²) in [6.45, 7) is 1.75. The number of anilines is 1. The Kier molecular flexibility index (Phi) is 11.4. The minimum Gasteiger partial charge on any atom is -0.394 e. The number of primary amides is 1. The largest absolute Gasteiger partial charge is 0.416 e. The fourth-order valence-electron chi connectivity index (χ4n) is 4.36. The number of hydrogen-bond donors (Lipinski definition) is 3. The normalized spacial score (nSPS) is 12.0. The molecule has 5 N–H and O–H groups in total. The molecule has 46 heavy (non-hydrogen) atoms. The van der Waals surface area contributed by atoms with Crippen LogP contribution in [0.15, 0.2) is 103 Å². The summed E-state index contributed by atoms with van der Waals surface area (Å²) >= 11 is 0. The highest BCUT2D eigenvalue weighted by molar-refractivity contribution is 6.03. The molecule has 6 nitrogen and oxygen atoms in total. The van der Waals surface area contributed by atoms with Crippen LogP contribution in [0.1, 0.15) is 22.3 Å². The molecule has 1 heterocycles. The maximum absolute atomic E-state index is 15.2. The Bertz CT molecular complexity index is 1690. The van der Waals surface area contributed by atoms with Crippen molar-refractivity contribution in [2.75, 3.05) is 5.32 Å². The van der Waals surface area contributed by atoms with E-state index in [0.29, 0.717) is 28.8 Å². The van der Waals surface area contributed by atoms with E-state index in [1.54, 1.807) is 19.3 Å². The van der Waals surface area contributed by atoms with Crippen LogP contribution in [0, 0.1) is 12.7 Å². The summed E-state index contributed by atoms with van der Waals surface area (Å²) in [6.07, 6.45) is -2.42. The van der Waals surface area contributed by atoms with Gasteiger partial charge in [-0.3, -0.25) is 14.6 Å². The molecule has 2 amide bonds. The van der Waals surface area contributed by atoms with Gasteiger partial charge in [0.25, 0.3) is 5.91 Å². The van der Waals surface area contributed by atoms with Crippen LogP contribution in [-0.2, 0) is 28.4 Å². The Balaban J connectivity index is 0.00000185. The summed E-state index contributed by atoms with van der Waals surface area (Å²) in [4.78, 5) is 25.1. The first-order valence-electron chi connectivity index (χ1n) is 13.3. The highest BCUT2D eigenvalue weighted by atomic mass is 19.4. The summed E-state index contributed by atoms with van der Waals surface area (Å²) in [7, 11) is 0. The number of aromatic nitrogens is 1. The van der Waals surface area contributed by atoms with Crippen LogP contribution in [0.4, 0.5) is 36.4 Å². The van der Waals surface area contributed by atoms with Crippen LogP contribution < -0.4 is 16.8 Å². The third-order valence-electron chi connectivity index (χ3n) is 6.47. The molecule has 3 aromatic carbocycles. The first-order valence-corrected chi connectivity index (χ1v) is 13.3. The van der Waals surface area contributed by atoms with Crippen molar-refractivity contribution in [2.24, 2.45) is 11.5 Å². The van der Waals surface area contributed by atoms with Crippen LogP contribution in [0.3, 0.4) is 0 Å². The third kappa shape index (κ3) is 9.27. The molecular weight excluding hydrogens is 617 g/mol. The lowest BCUT2D eigenvalue weighted by Gasteiger charge is -2.14. The molecule has 0 fully saturated rings. The van der Waals surface area contributed by atoms with Gasteiger partial charge in [-0.05, 0) is 77.6 Å². The number of nitrogens with one attached hydrogen (secondary N) is 1. The van der Waals surface area contributed by atoms with Crippen molar-refractivity contribution in [1.82, 2.24) is 4.98 Å². The van der Waals surface area contributed by atoms with Gasteiger partial charge < -0.3 is 16.8 Å². The topological polar surface area (TPSA) is 111 Å². The van der Waals surface area contributed by atoms with Gasteiger partial charge in [0.1, 0.15) is 5.82 Å². The van der Waals surface area contributed by atoms with Gasteiger partial charge in [-0.1, -0.05) is 48.6 Å². The van der Waals surface area contributed by atoms with Crippen LogP contribution in [0.25, 0.3) is 22.3 Å². The van der Waals surface area contributed by atoms with Crippen molar-refractivity contribution in [3.63, 3.8) is 0 Å². The number of amides is 2. The van der Waals surface area contributed by atoms with E-state index in [4.69, 9.17) is 10.5 Å². The summed E-state index contributed by atoms with van der Waals surface area (Å²) in [5.74, 6) is -1.57. The van der Waals surface area contributed by atoms with Crippen molar-refractivity contribution in [2.45, 2.75) is 25.7 Å². The minimum atomic E-state index is -5.07. The summed E-state index contributed by atoms with van der Waals surface area (Å²) in [6, 6.07) is 15.2. The molecule has 0 saturated heterocycles. The standard InChI is InChI=1S/C32H24F7N3O.CH3NO/c1-19-13-21(27-10-3-2-9-26(27)20-7-6-12-41-18-20)14-28(33)25(19)8-4-5-11-29(40)30(43)42-24-16-22(31(34,35)36)15-23(17-24)32(37,38)39;2-1-3/h2-7,9-18H,8,40H2,1H3,(H,42,43);1H,(H2,2,3)/b5-4-,29-11-;. The summed E-state index contributed by atoms with van der Waals surface area (Å²) < 4.78 is 93.7. The number of alkyl halides is 6. The molecule has 4 rings (SSSR count). The molecule has 0 aliphatic rings. The highest BCUT2D eigenvalue weighted by Gasteiger charge is 2.37. The third-order valence-corrected chi connectivity index (χ3v) is 6.47. The molecule has 0 unspecified atom stereocenters. The number of rotatable bonds is 7. The number of nitrogens with two attached hydrogens (primary N) is 2. The number of halogens is 7. The van der Waals surface area contributed by atoms with E-state index >= 15 is 4.39 Å². The molecule has 0 spiro atoms. The van der Waals surface area contributed by atoms with E-state index in [1.165, 1.54) is 18.2 Å². The fourth-order valence-corrected chi connectivity index (χ4v) is 4.36. The molecule has 13 heteroatoms. The van der Waals surface area contributed by atoms with E-state index < -0.39 is 46.6 Å². The number of aryl methyl sites for hydroxylation is 1. The lowest BCUT2D eigenvalue weighted by atomic mass is 9.92. The van der Waals surface area contributed by atoms with Gasteiger partial charge in [-0.25, -0.2) is 4.39 Å². The lowest BCUT2D eigenvalue weighted by molar-refractivity contribution is -0.143. The molecule has 0 aliphatic carbocycles. The van der Waals surface area contributed by atoms with E-state index in [2.05, 4.69) is 10.7 Å². The zero-order valence-corrected chi connectivity index (χ0v) is 24.1. The van der Waals surface area contributed by atoms with Gasteiger partial charge in [-0.15, -0.1) is 0 Å². The predicted octanol–water partition coefficient (Wildman–Crippen LogP) is 7.58. The monoisotopic (exact) mass is 644 g/mol. The van der Waals surface area contributed by atoms with E-state index in [1.807, 2.05) is 47.8 Å². The Labute approximate surface area is 259 Å². The maximum atomic E-state index is 15.2. The number of pyridine rings is 1. The molecule has 0 atom stereocenters. The van der Waals surface area contributed by atoms with Gasteiger partial charge in [0.15, 0.2) is 0 Å². The second-order valence-electron chi connectivity index (χ2n) is 9.68. The van der Waals surface area contributed by atoms with Gasteiger partial charge in [0, 0.05) is 23.6 Å². The Hall–Kier alpha value is -5.46. The van der Waals surface area contributed by atoms with Gasteiger partial charge in [0.05, 0.1) is 16.8 Å². The second-order valence-corrected chi connectivity index (χ2v) is 9.68. The van der Waals surface area contributed by atoms with Crippen molar-refractivity contribution < 1.29 is 40.3 Å². The van der Waals surface area contributed by atoms with E-state index in [0.717, 1.165) is 22.8 Å². The second kappa shape index (κ2) is 15.0.